The van der Waals surface area contributed by atoms with E-state index in [1.165, 1.54) is 0 Å². The molecule has 0 radical (unpaired) electrons. The lowest BCUT2D eigenvalue weighted by atomic mass is 9.86. The number of hydrogen-bond acceptors (Lipinski definition) is 2. The Morgan fingerprint density at radius 1 is 1.15 bits per heavy atom. The van der Waals surface area contributed by atoms with Crippen molar-refractivity contribution >= 4 is 45.8 Å². The minimum Gasteiger partial charge on any atom is -0.342 e. The summed E-state index contributed by atoms with van der Waals surface area (Å²) in [5.74, 6) is 1.01. The van der Waals surface area contributed by atoms with Crippen LogP contribution in [0.1, 0.15) is 30.8 Å². The number of benzene rings is 2. The predicted octanol–water partition coefficient (Wildman–Crippen LogP) is 4.91. The minimum absolute atomic E-state index is 0.109. The summed E-state index contributed by atoms with van der Waals surface area (Å²) in [4.78, 5) is 22.2. The number of aromatic nitrogens is 2. The molecule has 4 nitrogen and oxygen atoms in total. The molecule has 1 amide bonds. The van der Waals surface area contributed by atoms with Gasteiger partial charge in [-0.2, -0.15) is 0 Å². The molecule has 134 valence electrons. The van der Waals surface area contributed by atoms with Crippen molar-refractivity contribution in [3.05, 3.63) is 57.3 Å². The summed E-state index contributed by atoms with van der Waals surface area (Å²) < 4.78 is 0. The van der Waals surface area contributed by atoms with E-state index in [0.717, 1.165) is 46.5 Å². The second kappa shape index (κ2) is 6.00. The number of nitrogens with zero attached hydrogens (tertiary/aromatic N) is 2. The molecule has 6 heteroatoms. The van der Waals surface area contributed by atoms with E-state index >= 15 is 0 Å². The Morgan fingerprint density at radius 2 is 1.92 bits per heavy atom. The molecule has 2 aromatic carbocycles. The fraction of sp³-hybridized carbons (Fsp3) is 0.300. The molecule has 1 aromatic heterocycles. The van der Waals surface area contributed by atoms with Crippen molar-refractivity contribution in [1.82, 2.24) is 9.97 Å². The van der Waals surface area contributed by atoms with Crippen molar-refractivity contribution in [2.75, 3.05) is 11.9 Å². The average Bonchev–Trinajstić information content (AvgIpc) is 3.06. The van der Waals surface area contributed by atoms with Crippen molar-refractivity contribution in [2.45, 2.75) is 32.1 Å². The third-order valence-corrected chi connectivity index (χ3v) is 5.76. The molecule has 0 aliphatic carbocycles. The number of fused-ring (bicyclic) bond motifs is 2. The SMILES string of the molecule is CN1C(=O)C(C)(C)c2cc3[nH]c(CCc4ccc(Cl)cc4Cl)nc3cc21. The van der Waals surface area contributed by atoms with Gasteiger partial charge >= 0.3 is 0 Å². The number of carbonyl (C=O) groups excluding carboxylic acids is 1. The maximum atomic E-state index is 12.4. The van der Waals surface area contributed by atoms with E-state index in [-0.39, 0.29) is 5.91 Å². The van der Waals surface area contributed by atoms with Gasteiger partial charge in [0.05, 0.1) is 16.4 Å². The standard InChI is InChI=1S/C20H19Cl2N3O/c1-20(2)13-9-15-16(10-17(13)25(3)19(20)26)24-18(23-15)7-5-11-4-6-12(21)8-14(11)22/h4,6,8-10H,5,7H2,1-3H3,(H,23,24). The summed E-state index contributed by atoms with van der Waals surface area (Å²) in [7, 11) is 1.82. The Kier molecular flexibility index (Phi) is 4.01. The van der Waals surface area contributed by atoms with E-state index < -0.39 is 5.41 Å². The van der Waals surface area contributed by atoms with E-state index in [0.29, 0.717) is 10.0 Å². The fourth-order valence-electron chi connectivity index (χ4n) is 3.62. The summed E-state index contributed by atoms with van der Waals surface area (Å²) in [6, 6.07) is 9.60. The van der Waals surface area contributed by atoms with E-state index in [2.05, 4.69) is 11.1 Å². The van der Waals surface area contributed by atoms with Gasteiger partial charge in [-0.05, 0) is 55.7 Å². The van der Waals surface area contributed by atoms with Gasteiger partial charge in [-0.3, -0.25) is 4.79 Å². The molecule has 4 rings (SSSR count). The van der Waals surface area contributed by atoms with E-state index in [4.69, 9.17) is 28.2 Å². The number of aryl methyl sites for hydroxylation is 2. The number of amides is 1. The summed E-state index contributed by atoms with van der Waals surface area (Å²) in [5.41, 5.74) is 4.33. The Hall–Kier alpha value is -2.04. The minimum atomic E-state index is -0.514. The monoisotopic (exact) mass is 387 g/mol. The molecule has 0 bridgehead atoms. The Balaban J connectivity index is 1.64. The van der Waals surface area contributed by atoms with Gasteiger partial charge in [-0.1, -0.05) is 29.3 Å². The second-order valence-electron chi connectivity index (χ2n) is 7.29. The first-order valence-corrected chi connectivity index (χ1v) is 9.28. The van der Waals surface area contributed by atoms with Gasteiger partial charge in [0, 0.05) is 29.2 Å². The van der Waals surface area contributed by atoms with Crippen LogP contribution < -0.4 is 4.90 Å². The number of H-pyrrole nitrogens is 1. The molecule has 3 aromatic rings. The van der Waals surface area contributed by atoms with Crippen LogP contribution in [0.25, 0.3) is 11.0 Å². The lowest BCUT2D eigenvalue weighted by Gasteiger charge is -2.16. The number of anilines is 1. The van der Waals surface area contributed by atoms with E-state index in [1.54, 1.807) is 11.0 Å². The van der Waals surface area contributed by atoms with Crippen LogP contribution in [0.4, 0.5) is 5.69 Å². The summed E-state index contributed by atoms with van der Waals surface area (Å²) in [5, 5.41) is 1.31. The van der Waals surface area contributed by atoms with Crippen LogP contribution in [-0.2, 0) is 23.1 Å². The van der Waals surface area contributed by atoms with Crippen molar-refractivity contribution < 1.29 is 4.79 Å². The summed E-state index contributed by atoms with van der Waals surface area (Å²) in [6.45, 7) is 3.92. The molecule has 1 aliphatic rings. The molecule has 0 saturated heterocycles. The van der Waals surface area contributed by atoms with Crippen molar-refractivity contribution in [1.29, 1.82) is 0 Å². The zero-order valence-electron chi connectivity index (χ0n) is 14.9. The normalized spacial score (nSPS) is 15.7. The highest BCUT2D eigenvalue weighted by atomic mass is 35.5. The Labute approximate surface area is 162 Å². The Bertz CT molecular complexity index is 1040. The van der Waals surface area contributed by atoms with Crippen LogP contribution in [0.2, 0.25) is 10.0 Å². The lowest BCUT2D eigenvalue weighted by molar-refractivity contribution is -0.121. The summed E-state index contributed by atoms with van der Waals surface area (Å²) >= 11 is 12.2. The largest absolute Gasteiger partial charge is 0.342 e. The zero-order chi connectivity index (χ0) is 18.6. The zero-order valence-corrected chi connectivity index (χ0v) is 16.4. The Morgan fingerprint density at radius 3 is 2.65 bits per heavy atom. The van der Waals surface area contributed by atoms with Gasteiger partial charge in [-0.15, -0.1) is 0 Å². The van der Waals surface area contributed by atoms with Crippen molar-refractivity contribution in [3.8, 4) is 0 Å². The quantitative estimate of drug-likeness (QED) is 0.693. The lowest BCUT2D eigenvalue weighted by Crippen LogP contribution is -2.33. The number of aromatic amines is 1. The number of nitrogens with one attached hydrogen (secondary N) is 1. The molecule has 0 atom stereocenters. The van der Waals surface area contributed by atoms with Gasteiger partial charge < -0.3 is 9.88 Å². The first-order valence-electron chi connectivity index (χ1n) is 8.52. The number of halogens is 2. The number of rotatable bonds is 3. The predicted molar refractivity (Wildman–Crippen MR) is 106 cm³/mol. The van der Waals surface area contributed by atoms with Gasteiger partial charge in [0.25, 0.3) is 0 Å². The van der Waals surface area contributed by atoms with Crippen LogP contribution in [0.3, 0.4) is 0 Å². The van der Waals surface area contributed by atoms with E-state index in [1.807, 2.05) is 39.1 Å². The smallest absolute Gasteiger partial charge is 0.236 e. The van der Waals surface area contributed by atoms with Crippen LogP contribution in [0.15, 0.2) is 30.3 Å². The van der Waals surface area contributed by atoms with Crippen LogP contribution >= 0.6 is 23.2 Å². The average molecular weight is 388 g/mol. The third kappa shape index (κ3) is 2.68. The maximum absolute atomic E-state index is 12.4. The van der Waals surface area contributed by atoms with Gasteiger partial charge in [-0.25, -0.2) is 4.98 Å². The van der Waals surface area contributed by atoms with Gasteiger partial charge in [0.2, 0.25) is 5.91 Å². The first kappa shape index (κ1) is 17.4. The van der Waals surface area contributed by atoms with Crippen LogP contribution in [-0.4, -0.2) is 22.9 Å². The number of hydrogen-bond donors (Lipinski definition) is 1. The van der Waals surface area contributed by atoms with Gasteiger partial charge in [0.1, 0.15) is 5.82 Å². The van der Waals surface area contributed by atoms with Crippen molar-refractivity contribution in [3.63, 3.8) is 0 Å². The molecule has 0 fully saturated rings. The topological polar surface area (TPSA) is 49.0 Å². The highest BCUT2D eigenvalue weighted by molar-refractivity contribution is 6.35. The molecular formula is C20H19Cl2N3O. The molecule has 0 saturated carbocycles. The van der Waals surface area contributed by atoms with Crippen LogP contribution in [0, 0.1) is 0 Å². The molecule has 1 aliphatic heterocycles. The highest BCUT2D eigenvalue weighted by Crippen LogP contribution is 2.42. The molecule has 0 unspecified atom stereocenters. The van der Waals surface area contributed by atoms with Crippen molar-refractivity contribution in [2.24, 2.45) is 0 Å². The second-order valence-corrected chi connectivity index (χ2v) is 8.14. The number of imidazole rings is 1. The molecule has 26 heavy (non-hydrogen) atoms. The maximum Gasteiger partial charge on any atom is 0.236 e. The van der Waals surface area contributed by atoms with Gasteiger partial charge in [0.15, 0.2) is 0 Å². The van der Waals surface area contributed by atoms with Crippen LogP contribution in [0.5, 0.6) is 0 Å². The first-order chi connectivity index (χ1) is 12.3. The molecule has 1 N–H and O–H groups in total. The highest BCUT2D eigenvalue weighted by Gasteiger charge is 2.42. The third-order valence-electron chi connectivity index (χ3n) is 5.17. The summed E-state index contributed by atoms with van der Waals surface area (Å²) in [6.07, 6.45) is 1.53. The van der Waals surface area contributed by atoms with E-state index in [9.17, 15) is 4.79 Å². The number of likely N-dealkylation sites (N-methyl/N-ethyl adjacent to an activating group) is 1. The molecule has 2 heterocycles. The molecular weight excluding hydrogens is 369 g/mol. The fourth-order valence-corrected chi connectivity index (χ4v) is 4.12. The molecule has 0 spiro atoms. The number of carbonyl (C=O) groups is 1.